The third-order valence-corrected chi connectivity index (χ3v) is 2.82. The van der Waals surface area contributed by atoms with Gasteiger partial charge in [0.05, 0.1) is 17.3 Å². The Balaban J connectivity index is 2.16. The molecular formula is C13H11ClF2N2. The Labute approximate surface area is 109 Å². The molecule has 2 aromatic rings. The van der Waals surface area contributed by atoms with Crippen LogP contribution < -0.4 is 5.32 Å². The summed E-state index contributed by atoms with van der Waals surface area (Å²) in [7, 11) is 0. The molecule has 1 atom stereocenters. The van der Waals surface area contributed by atoms with Gasteiger partial charge in [0.25, 0.3) is 0 Å². The van der Waals surface area contributed by atoms with Gasteiger partial charge in [-0.15, -0.1) is 0 Å². The van der Waals surface area contributed by atoms with Crippen molar-refractivity contribution < 1.29 is 8.78 Å². The molecule has 1 aromatic heterocycles. The van der Waals surface area contributed by atoms with E-state index in [1.54, 1.807) is 12.3 Å². The third-order valence-electron chi connectivity index (χ3n) is 2.53. The number of rotatable bonds is 3. The Morgan fingerprint density at radius 3 is 2.67 bits per heavy atom. The lowest BCUT2D eigenvalue weighted by molar-refractivity contribution is 0.616. The second kappa shape index (κ2) is 5.31. The standard InChI is InChI=1S/C13H11ClF2N2/c1-8(9-4-10(15)7-17-6-9)18-11-2-3-13(16)12(14)5-11/h2-8,18H,1H3. The maximum absolute atomic E-state index is 13.0. The van der Waals surface area contributed by atoms with Crippen molar-refractivity contribution in [3.05, 3.63) is 58.9 Å². The molecule has 1 aromatic carbocycles. The maximum Gasteiger partial charge on any atom is 0.141 e. The van der Waals surface area contributed by atoms with Gasteiger partial charge in [-0.3, -0.25) is 4.98 Å². The second-order valence-electron chi connectivity index (χ2n) is 3.93. The van der Waals surface area contributed by atoms with E-state index in [1.165, 1.54) is 18.2 Å². The van der Waals surface area contributed by atoms with Crippen molar-refractivity contribution in [2.24, 2.45) is 0 Å². The predicted molar refractivity (Wildman–Crippen MR) is 67.6 cm³/mol. The van der Waals surface area contributed by atoms with Crippen LogP contribution in [0.1, 0.15) is 18.5 Å². The van der Waals surface area contributed by atoms with E-state index in [1.807, 2.05) is 6.92 Å². The minimum absolute atomic E-state index is 0.0459. The molecule has 0 saturated heterocycles. The van der Waals surface area contributed by atoms with Crippen molar-refractivity contribution in [1.29, 1.82) is 0 Å². The van der Waals surface area contributed by atoms with Crippen LogP contribution in [0.4, 0.5) is 14.5 Å². The van der Waals surface area contributed by atoms with E-state index in [9.17, 15) is 8.78 Å². The third kappa shape index (κ3) is 2.96. The summed E-state index contributed by atoms with van der Waals surface area (Å²) in [5.41, 5.74) is 1.37. The number of pyridine rings is 1. The van der Waals surface area contributed by atoms with Crippen LogP contribution in [0, 0.1) is 11.6 Å². The SMILES string of the molecule is CC(Nc1ccc(F)c(Cl)c1)c1cncc(F)c1. The molecule has 0 amide bonds. The molecule has 1 unspecified atom stereocenters. The van der Waals surface area contributed by atoms with Crippen molar-refractivity contribution in [1.82, 2.24) is 4.98 Å². The molecule has 0 aliphatic heterocycles. The molecule has 0 radical (unpaired) electrons. The second-order valence-corrected chi connectivity index (χ2v) is 4.34. The summed E-state index contributed by atoms with van der Waals surface area (Å²) in [5, 5.41) is 3.14. The molecule has 0 aliphatic rings. The fourth-order valence-corrected chi connectivity index (χ4v) is 1.76. The summed E-state index contributed by atoms with van der Waals surface area (Å²) in [6.45, 7) is 1.85. The topological polar surface area (TPSA) is 24.9 Å². The quantitative estimate of drug-likeness (QED) is 0.903. The van der Waals surface area contributed by atoms with E-state index in [2.05, 4.69) is 10.3 Å². The van der Waals surface area contributed by atoms with E-state index >= 15 is 0 Å². The first-order valence-corrected chi connectivity index (χ1v) is 5.76. The first-order valence-electron chi connectivity index (χ1n) is 5.38. The van der Waals surface area contributed by atoms with Gasteiger partial charge >= 0.3 is 0 Å². The van der Waals surface area contributed by atoms with E-state index in [0.29, 0.717) is 11.3 Å². The monoisotopic (exact) mass is 268 g/mol. The van der Waals surface area contributed by atoms with E-state index in [-0.39, 0.29) is 11.1 Å². The minimum atomic E-state index is -0.470. The van der Waals surface area contributed by atoms with Gasteiger partial charge in [-0.25, -0.2) is 8.78 Å². The molecule has 0 aliphatic carbocycles. The summed E-state index contributed by atoms with van der Waals surface area (Å²) in [6, 6.07) is 5.58. The van der Waals surface area contributed by atoms with Gasteiger partial charge in [0, 0.05) is 11.9 Å². The molecule has 0 fully saturated rings. The zero-order valence-corrected chi connectivity index (χ0v) is 10.4. The summed E-state index contributed by atoms with van der Waals surface area (Å²) in [6.07, 6.45) is 2.72. The van der Waals surface area contributed by atoms with Gasteiger partial charge in [0.15, 0.2) is 0 Å². The van der Waals surface area contributed by atoms with Crippen LogP contribution in [0.5, 0.6) is 0 Å². The molecule has 2 rings (SSSR count). The van der Waals surface area contributed by atoms with Gasteiger partial charge in [-0.1, -0.05) is 11.6 Å². The Kier molecular flexibility index (Phi) is 3.77. The van der Waals surface area contributed by atoms with Crippen LogP contribution in [-0.2, 0) is 0 Å². The zero-order chi connectivity index (χ0) is 13.1. The fraction of sp³-hybridized carbons (Fsp3) is 0.154. The van der Waals surface area contributed by atoms with Crippen LogP contribution >= 0.6 is 11.6 Å². The van der Waals surface area contributed by atoms with Crippen LogP contribution in [-0.4, -0.2) is 4.98 Å². The summed E-state index contributed by atoms with van der Waals surface area (Å²) < 4.78 is 26.0. The number of hydrogen-bond donors (Lipinski definition) is 1. The van der Waals surface area contributed by atoms with Gasteiger partial charge < -0.3 is 5.32 Å². The molecule has 1 heterocycles. The molecule has 94 valence electrons. The van der Waals surface area contributed by atoms with Crippen LogP contribution in [0.2, 0.25) is 5.02 Å². The van der Waals surface area contributed by atoms with E-state index in [0.717, 1.165) is 6.20 Å². The highest BCUT2D eigenvalue weighted by Crippen LogP contribution is 2.23. The first-order chi connectivity index (χ1) is 8.56. The normalized spacial score (nSPS) is 12.2. The van der Waals surface area contributed by atoms with Crippen molar-refractivity contribution in [3.8, 4) is 0 Å². The largest absolute Gasteiger partial charge is 0.378 e. The molecule has 0 saturated carbocycles. The van der Waals surface area contributed by atoms with Crippen LogP contribution in [0.15, 0.2) is 36.7 Å². The van der Waals surface area contributed by atoms with Crippen molar-refractivity contribution in [2.45, 2.75) is 13.0 Å². The molecule has 2 nitrogen and oxygen atoms in total. The van der Waals surface area contributed by atoms with Crippen molar-refractivity contribution >= 4 is 17.3 Å². The fourth-order valence-electron chi connectivity index (χ4n) is 1.58. The lowest BCUT2D eigenvalue weighted by Crippen LogP contribution is -2.07. The van der Waals surface area contributed by atoms with Gasteiger partial charge in [-0.2, -0.15) is 0 Å². The number of hydrogen-bond acceptors (Lipinski definition) is 2. The smallest absolute Gasteiger partial charge is 0.141 e. The lowest BCUT2D eigenvalue weighted by atomic mass is 10.1. The molecular weight excluding hydrogens is 258 g/mol. The summed E-state index contributed by atoms with van der Waals surface area (Å²) >= 11 is 5.68. The predicted octanol–water partition coefficient (Wildman–Crippen LogP) is 4.19. The highest BCUT2D eigenvalue weighted by molar-refractivity contribution is 6.31. The molecule has 5 heteroatoms. The van der Waals surface area contributed by atoms with Crippen LogP contribution in [0.3, 0.4) is 0 Å². The Hall–Kier alpha value is -1.68. The average Bonchev–Trinajstić information content (AvgIpc) is 2.34. The van der Waals surface area contributed by atoms with Gasteiger partial charge in [0.1, 0.15) is 11.6 Å². The highest BCUT2D eigenvalue weighted by Gasteiger charge is 2.08. The van der Waals surface area contributed by atoms with Crippen molar-refractivity contribution in [2.75, 3.05) is 5.32 Å². The maximum atomic E-state index is 13.0. The minimum Gasteiger partial charge on any atom is -0.378 e. The summed E-state index contributed by atoms with van der Waals surface area (Å²) in [4.78, 5) is 3.78. The Morgan fingerprint density at radius 1 is 1.22 bits per heavy atom. The Morgan fingerprint density at radius 2 is 2.00 bits per heavy atom. The average molecular weight is 269 g/mol. The number of halogens is 3. The Bertz CT molecular complexity index is 560. The number of nitrogens with zero attached hydrogens (tertiary/aromatic N) is 1. The molecule has 0 spiro atoms. The van der Waals surface area contributed by atoms with E-state index < -0.39 is 11.6 Å². The van der Waals surface area contributed by atoms with Gasteiger partial charge in [0.2, 0.25) is 0 Å². The first kappa shape index (κ1) is 12.8. The highest BCUT2D eigenvalue weighted by atomic mass is 35.5. The molecule has 18 heavy (non-hydrogen) atoms. The number of benzene rings is 1. The number of anilines is 1. The number of nitrogens with one attached hydrogen (secondary N) is 1. The number of aromatic nitrogens is 1. The lowest BCUT2D eigenvalue weighted by Gasteiger charge is -2.15. The zero-order valence-electron chi connectivity index (χ0n) is 9.62. The molecule has 1 N–H and O–H groups in total. The van der Waals surface area contributed by atoms with Gasteiger partial charge in [-0.05, 0) is 36.8 Å². The van der Waals surface area contributed by atoms with Crippen LogP contribution in [0.25, 0.3) is 0 Å². The summed E-state index contributed by atoms with van der Waals surface area (Å²) in [5.74, 6) is -0.861. The van der Waals surface area contributed by atoms with E-state index in [4.69, 9.17) is 11.6 Å². The molecule has 0 bridgehead atoms. The van der Waals surface area contributed by atoms with Crippen molar-refractivity contribution in [3.63, 3.8) is 0 Å².